The van der Waals surface area contributed by atoms with Gasteiger partial charge in [-0.15, -0.1) is 0 Å². The number of para-hydroxylation sites is 1. The Morgan fingerprint density at radius 2 is 2.05 bits per heavy atom. The van der Waals surface area contributed by atoms with Crippen LogP contribution in [0.4, 0.5) is 0 Å². The van der Waals surface area contributed by atoms with Crippen molar-refractivity contribution in [3.63, 3.8) is 0 Å². The van der Waals surface area contributed by atoms with E-state index in [1.165, 1.54) is 0 Å². The average Bonchev–Trinajstić information content (AvgIpc) is 2.96. The Balaban J connectivity index is 1.93. The van der Waals surface area contributed by atoms with E-state index in [4.69, 9.17) is 4.74 Å². The van der Waals surface area contributed by atoms with E-state index < -0.39 is 0 Å². The maximum atomic E-state index is 5.78. The Hall–Kier alpha value is -1.81. The maximum Gasteiger partial charge on any atom is 0.125 e. The van der Waals surface area contributed by atoms with E-state index in [-0.39, 0.29) is 6.04 Å². The fraction of sp³-hybridized carbons (Fsp3) is 0.438. The summed E-state index contributed by atoms with van der Waals surface area (Å²) >= 11 is 0. The van der Waals surface area contributed by atoms with Crippen molar-refractivity contribution in [3.8, 4) is 5.75 Å². The Bertz CT molecular complexity index is 495. The molecule has 2 rings (SSSR count). The number of benzene rings is 1. The van der Waals surface area contributed by atoms with Gasteiger partial charge in [0.05, 0.1) is 12.6 Å². The monoisotopic (exact) mass is 273 g/mol. The van der Waals surface area contributed by atoms with E-state index >= 15 is 0 Å². The third-order valence-electron chi connectivity index (χ3n) is 3.27. The van der Waals surface area contributed by atoms with E-state index in [2.05, 4.69) is 28.7 Å². The van der Waals surface area contributed by atoms with Gasteiger partial charge in [-0.2, -0.15) is 0 Å². The fourth-order valence-corrected chi connectivity index (χ4v) is 2.28. The molecule has 1 atom stereocenters. The molecule has 1 aromatic heterocycles. The molecule has 2 aromatic rings. The van der Waals surface area contributed by atoms with Crippen molar-refractivity contribution in [1.82, 2.24) is 14.9 Å². The van der Waals surface area contributed by atoms with Crippen molar-refractivity contribution in [2.75, 3.05) is 13.2 Å². The van der Waals surface area contributed by atoms with Crippen LogP contribution in [0.5, 0.6) is 5.75 Å². The van der Waals surface area contributed by atoms with Gasteiger partial charge in [-0.25, -0.2) is 4.98 Å². The quantitative estimate of drug-likeness (QED) is 0.803. The molecule has 108 valence electrons. The number of rotatable bonds is 8. The molecule has 0 saturated carbocycles. The average molecular weight is 273 g/mol. The fourth-order valence-electron chi connectivity index (χ4n) is 2.28. The lowest BCUT2D eigenvalue weighted by molar-refractivity contribution is 0.282. The number of nitrogens with one attached hydrogen (secondary N) is 1. The second-order valence-corrected chi connectivity index (χ2v) is 4.63. The Morgan fingerprint density at radius 3 is 2.75 bits per heavy atom. The van der Waals surface area contributed by atoms with Crippen molar-refractivity contribution in [2.24, 2.45) is 0 Å². The third kappa shape index (κ3) is 3.84. The molecule has 4 heteroatoms. The lowest BCUT2D eigenvalue weighted by Crippen LogP contribution is -2.26. The minimum absolute atomic E-state index is 0.235. The molecule has 4 nitrogen and oxygen atoms in total. The number of hydrogen-bond donors (Lipinski definition) is 1. The summed E-state index contributed by atoms with van der Waals surface area (Å²) in [5.74, 6) is 2.01. The Labute approximate surface area is 120 Å². The molecule has 0 bridgehead atoms. The van der Waals surface area contributed by atoms with Crippen LogP contribution < -0.4 is 10.1 Å². The van der Waals surface area contributed by atoms with Gasteiger partial charge in [0.2, 0.25) is 0 Å². The highest BCUT2D eigenvalue weighted by Crippen LogP contribution is 2.16. The van der Waals surface area contributed by atoms with Crippen LogP contribution in [0.15, 0.2) is 42.7 Å². The predicted molar refractivity (Wildman–Crippen MR) is 80.9 cm³/mol. The van der Waals surface area contributed by atoms with E-state index in [1.807, 2.05) is 42.7 Å². The van der Waals surface area contributed by atoms with Crippen LogP contribution in [0.3, 0.4) is 0 Å². The molecule has 1 aromatic carbocycles. The van der Waals surface area contributed by atoms with E-state index in [1.54, 1.807) is 0 Å². The number of aryl methyl sites for hydroxylation is 1. The van der Waals surface area contributed by atoms with Gasteiger partial charge in [-0.1, -0.05) is 25.1 Å². The molecular formula is C16H23N3O. The first-order chi connectivity index (χ1) is 9.85. The zero-order chi connectivity index (χ0) is 14.2. The van der Waals surface area contributed by atoms with Gasteiger partial charge >= 0.3 is 0 Å². The second kappa shape index (κ2) is 7.70. The van der Waals surface area contributed by atoms with Crippen LogP contribution in [-0.2, 0) is 6.54 Å². The van der Waals surface area contributed by atoms with E-state index in [0.717, 1.165) is 31.1 Å². The second-order valence-electron chi connectivity index (χ2n) is 4.63. The number of ether oxygens (including phenoxy) is 1. The normalized spacial score (nSPS) is 12.3. The number of hydrogen-bond acceptors (Lipinski definition) is 3. The molecule has 0 fully saturated rings. The van der Waals surface area contributed by atoms with Gasteiger partial charge in [0.25, 0.3) is 0 Å². The molecule has 20 heavy (non-hydrogen) atoms. The first-order valence-electron chi connectivity index (χ1n) is 7.27. The summed E-state index contributed by atoms with van der Waals surface area (Å²) < 4.78 is 7.95. The van der Waals surface area contributed by atoms with Crippen molar-refractivity contribution >= 4 is 0 Å². The van der Waals surface area contributed by atoms with E-state index in [0.29, 0.717) is 6.61 Å². The molecule has 1 unspecified atom stereocenters. The molecule has 0 saturated heterocycles. The molecule has 0 aliphatic carbocycles. The molecule has 0 aliphatic rings. The zero-order valence-electron chi connectivity index (χ0n) is 12.2. The SMILES string of the molecule is CCNC(CCOc1ccccc1)c1nccn1CC. The maximum absolute atomic E-state index is 5.78. The minimum atomic E-state index is 0.235. The number of nitrogens with zero attached hydrogens (tertiary/aromatic N) is 2. The summed E-state index contributed by atoms with van der Waals surface area (Å²) in [6.07, 6.45) is 4.79. The topological polar surface area (TPSA) is 39.1 Å². The summed E-state index contributed by atoms with van der Waals surface area (Å²) in [6, 6.07) is 10.2. The third-order valence-corrected chi connectivity index (χ3v) is 3.27. The van der Waals surface area contributed by atoms with Crippen molar-refractivity contribution in [2.45, 2.75) is 32.9 Å². The Kier molecular flexibility index (Phi) is 5.62. The summed E-state index contributed by atoms with van der Waals surface area (Å²) in [5, 5.41) is 3.48. The number of imidazole rings is 1. The molecular weight excluding hydrogens is 250 g/mol. The lowest BCUT2D eigenvalue weighted by Gasteiger charge is -2.18. The molecule has 0 amide bonds. The van der Waals surface area contributed by atoms with Gasteiger partial charge in [-0.05, 0) is 25.6 Å². The van der Waals surface area contributed by atoms with Crippen LogP contribution in [0.25, 0.3) is 0 Å². The zero-order valence-corrected chi connectivity index (χ0v) is 12.2. The van der Waals surface area contributed by atoms with Gasteiger partial charge in [0, 0.05) is 25.4 Å². The first-order valence-corrected chi connectivity index (χ1v) is 7.27. The highest BCUT2D eigenvalue weighted by Gasteiger charge is 2.15. The highest BCUT2D eigenvalue weighted by atomic mass is 16.5. The van der Waals surface area contributed by atoms with Crippen LogP contribution in [-0.4, -0.2) is 22.7 Å². The highest BCUT2D eigenvalue weighted by molar-refractivity contribution is 5.20. The summed E-state index contributed by atoms with van der Waals surface area (Å²) in [7, 11) is 0. The minimum Gasteiger partial charge on any atom is -0.494 e. The first kappa shape index (κ1) is 14.6. The van der Waals surface area contributed by atoms with Gasteiger partial charge in [-0.3, -0.25) is 0 Å². The summed E-state index contributed by atoms with van der Waals surface area (Å²) in [6.45, 7) is 6.79. The van der Waals surface area contributed by atoms with Crippen molar-refractivity contribution in [3.05, 3.63) is 48.5 Å². The van der Waals surface area contributed by atoms with Gasteiger partial charge in [0.15, 0.2) is 0 Å². The van der Waals surface area contributed by atoms with Gasteiger partial charge in [0.1, 0.15) is 11.6 Å². The standard InChI is InChI=1S/C16H23N3O/c1-3-17-15(16-18-11-12-19(16)4-2)10-13-20-14-8-6-5-7-9-14/h5-9,11-12,15,17H,3-4,10,13H2,1-2H3. The van der Waals surface area contributed by atoms with Crippen molar-refractivity contribution in [1.29, 1.82) is 0 Å². The molecule has 0 radical (unpaired) electrons. The smallest absolute Gasteiger partial charge is 0.125 e. The van der Waals surface area contributed by atoms with Crippen molar-refractivity contribution < 1.29 is 4.74 Å². The van der Waals surface area contributed by atoms with E-state index in [9.17, 15) is 0 Å². The summed E-state index contributed by atoms with van der Waals surface area (Å²) in [5.41, 5.74) is 0. The number of aromatic nitrogens is 2. The van der Waals surface area contributed by atoms with Crippen LogP contribution in [0.2, 0.25) is 0 Å². The van der Waals surface area contributed by atoms with Gasteiger partial charge < -0.3 is 14.6 Å². The Morgan fingerprint density at radius 1 is 1.25 bits per heavy atom. The molecule has 0 spiro atoms. The predicted octanol–water partition coefficient (Wildman–Crippen LogP) is 3.02. The van der Waals surface area contributed by atoms with Crippen LogP contribution in [0, 0.1) is 0 Å². The van der Waals surface area contributed by atoms with Crippen LogP contribution in [0.1, 0.15) is 32.1 Å². The molecule has 1 heterocycles. The molecule has 1 N–H and O–H groups in total. The summed E-state index contributed by atoms with van der Waals surface area (Å²) in [4.78, 5) is 4.48. The largest absolute Gasteiger partial charge is 0.494 e. The lowest BCUT2D eigenvalue weighted by atomic mass is 10.2. The van der Waals surface area contributed by atoms with Crippen LogP contribution >= 0.6 is 0 Å². The molecule has 0 aliphatic heterocycles.